The van der Waals surface area contributed by atoms with E-state index < -0.39 is 0 Å². The molecule has 0 aliphatic rings. The number of nitrogens with zero attached hydrogens (tertiary/aromatic N) is 3. The van der Waals surface area contributed by atoms with Gasteiger partial charge in [0.15, 0.2) is 0 Å². The first-order valence-corrected chi connectivity index (χ1v) is 6.26. The Labute approximate surface area is 119 Å². The van der Waals surface area contributed by atoms with E-state index in [9.17, 15) is 5.11 Å². The summed E-state index contributed by atoms with van der Waals surface area (Å²) in [6.45, 7) is 1.95. The molecule has 0 spiro atoms. The number of rotatable bonds is 2. The van der Waals surface area contributed by atoms with Crippen LogP contribution in [0.3, 0.4) is 0 Å². The molecule has 100 valence electrons. The van der Waals surface area contributed by atoms with Crippen molar-refractivity contribution in [3.63, 3.8) is 0 Å². The third-order valence-corrected chi connectivity index (χ3v) is 3.20. The van der Waals surface area contributed by atoms with Gasteiger partial charge in [-0.3, -0.25) is 4.98 Å². The molecule has 0 amide bonds. The zero-order valence-corrected chi connectivity index (χ0v) is 11.3. The molecule has 2 aromatic heterocycles. The maximum absolute atomic E-state index is 9.40. The van der Waals surface area contributed by atoms with Gasteiger partial charge < -0.3 is 9.63 Å². The monoisotopic (exact) mass is 287 g/mol. The molecule has 6 heteroatoms. The summed E-state index contributed by atoms with van der Waals surface area (Å²) in [7, 11) is 0. The fourth-order valence-electron chi connectivity index (χ4n) is 1.79. The second kappa shape index (κ2) is 4.94. The highest BCUT2D eigenvalue weighted by atomic mass is 35.5. The first kappa shape index (κ1) is 12.6. The van der Waals surface area contributed by atoms with Crippen LogP contribution in [0.1, 0.15) is 5.56 Å². The molecule has 3 aromatic rings. The molecule has 0 saturated heterocycles. The summed E-state index contributed by atoms with van der Waals surface area (Å²) in [6.07, 6.45) is 3.40. The van der Waals surface area contributed by atoms with Crippen molar-refractivity contribution < 1.29 is 9.63 Å². The van der Waals surface area contributed by atoms with Crippen LogP contribution in [0.15, 0.2) is 41.2 Å². The van der Waals surface area contributed by atoms with Crippen LogP contribution >= 0.6 is 11.6 Å². The maximum atomic E-state index is 9.40. The molecule has 1 N–H and O–H groups in total. The zero-order valence-electron chi connectivity index (χ0n) is 10.5. The Bertz CT molecular complexity index is 771. The number of benzene rings is 1. The number of pyridine rings is 1. The first-order valence-electron chi connectivity index (χ1n) is 5.89. The number of hydrogen-bond acceptors (Lipinski definition) is 5. The van der Waals surface area contributed by atoms with Gasteiger partial charge in [-0.05, 0) is 36.8 Å². The third-order valence-electron chi connectivity index (χ3n) is 2.90. The van der Waals surface area contributed by atoms with Gasteiger partial charge in [-0.2, -0.15) is 4.98 Å². The number of halogens is 1. The fraction of sp³-hybridized carbons (Fsp3) is 0.0714. The minimum Gasteiger partial charge on any atom is -0.506 e. The van der Waals surface area contributed by atoms with E-state index in [-0.39, 0.29) is 10.8 Å². The van der Waals surface area contributed by atoms with Gasteiger partial charge in [-0.1, -0.05) is 16.8 Å². The van der Waals surface area contributed by atoms with Gasteiger partial charge in [0.1, 0.15) is 5.75 Å². The van der Waals surface area contributed by atoms with Crippen LogP contribution in [0.4, 0.5) is 0 Å². The number of aryl methyl sites for hydroxylation is 1. The third kappa shape index (κ3) is 2.23. The largest absolute Gasteiger partial charge is 0.506 e. The van der Waals surface area contributed by atoms with Crippen LogP contribution in [0, 0.1) is 6.92 Å². The molecule has 20 heavy (non-hydrogen) atoms. The van der Waals surface area contributed by atoms with Crippen molar-refractivity contribution >= 4 is 11.6 Å². The van der Waals surface area contributed by atoms with E-state index in [1.54, 1.807) is 24.5 Å². The van der Waals surface area contributed by atoms with E-state index >= 15 is 0 Å². The molecule has 0 saturated carbocycles. The van der Waals surface area contributed by atoms with Crippen LogP contribution in [-0.4, -0.2) is 20.2 Å². The van der Waals surface area contributed by atoms with Crippen molar-refractivity contribution in [2.45, 2.75) is 6.92 Å². The standard InChI is InChI=1S/C14H10ClN3O2/c1-8-4-5-16-7-10(8)13-17-14(20-18-13)9-2-3-12(19)11(15)6-9/h2-7,19H,1H3. The van der Waals surface area contributed by atoms with Crippen LogP contribution in [-0.2, 0) is 0 Å². The van der Waals surface area contributed by atoms with E-state index in [2.05, 4.69) is 15.1 Å². The minimum atomic E-state index is 0.0123. The van der Waals surface area contributed by atoms with Crippen LogP contribution in [0.25, 0.3) is 22.8 Å². The highest BCUT2D eigenvalue weighted by molar-refractivity contribution is 6.32. The Morgan fingerprint density at radius 2 is 2.10 bits per heavy atom. The smallest absolute Gasteiger partial charge is 0.258 e. The highest BCUT2D eigenvalue weighted by Crippen LogP contribution is 2.29. The predicted octanol–water partition coefficient (Wildman–Crippen LogP) is 3.47. The Morgan fingerprint density at radius 3 is 2.85 bits per heavy atom. The normalized spacial score (nSPS) is 10.7. The van der Waals surface area contributed by atoms with Crippen molar-refractivity contribution in [3.8, 4) is 28.6 Å². The SMILES string of the molecule is Cc1ccncc1-c1noc(-c2ccc(O)c(Cl)c2)n1. The van der Waals surface area contributed by atoms with Gasteiger partial charge >= 0.3 is 0 Å². The minimum absolute atomic E-state index is 0.0123. The lowest BCUT2D eigenvalue weighted by Crippen LogP contribution is -1.86. The van der Waals surface area contributed by atoms with E-state index in [0.717, 1.165) is 11.1 Å². The van der Waals surface area contributed by atoms with Gasteiger partial charge in [0.2, 0.25) is 5.82 Å². The number of aromatic nitrogens is 3. The number of hydrogen-bond donors (Lipinski definition) is 1. The summed E-state index contributed by atoms with van der Waals surface area (Å²) >= 11 is 5.86. The fourth-order valence-corrected chi connectivity index (χ4v) is 1.97. The van der Waals surface area contributed by atoms with Crippen LogP contribution < -0.4 is 0 Å². The van der Waals surface area contributed by atoms with Crippen molar-refractivity contribution in [1.82, 2.24) is 15.1 Å². The molecule has 2 heterocycles. The summed E-state index contributed by atoms with van der Waals surface area (Å²) in [4.78, 5) is 8.38. The van der Waals surface area contributed by atoms with Crippen LogP contribution in [0.5, 0.6) is 5.75 Å². The molecule has 5 nitrogen and oxygen atoms in total. The first-order chi connectivity index (χ1) is 9.65. The summed E-state index contributed by atoms with van der Waals surface area (Å²) in [5.41, 5.74) is 2.47. The summed E-state index contributed by atoms with van der Waals surface area (Å²) in [6, 6.07) is 6.60. The molecule has 0 atom stereocenters. The number of phenolic OH excluding ortho intramolecular Hbond substituents is 1. The van der Waals surface area contributed by atoms with Crippen molar-refractivity contribution in [1.29, 1.82) is 0 Å². The molecule has 0 bridgehead atoms. The molecule has 0 radical (unpaired) electrons. The van der Waals surface area contributed by atoms with E-state index in [1.807, 2.05) is 13.0 Å². The van der Waals surface area contributed by atoms with Crippen LogP contribution in [0.2, 0.25) is 5.02 Å². The molecular formula is C14H10ClN3O2. The van der Waals surface area contributed by atoms with E-state index in [1.165, 1.54) is 6.07 Å². The molecule has 1 aromatic carbocycles. The summed E-state index contributed by atoms with van der Waals surface area (Å²) in [5, 5.41) is 13.6. The highest BCUT2D eigenvalue weighted by Gasteiger charge is 2.13. The van der Waals surface area contributed by atoms with Gasteiger partial charge in [-0.15, -0.1) is 0 Å². The van der Waals surface area contributed by atoms with Gasteiger partial charge in [0, 0.05) is 23.5 Å². The van der Waals surface area contributed by atoms with Crippen molar-refractivity contribution in [2.24, 2.45) is 0 Å². The van der Waals surface area contributed by atoms with E-state index in [4.69, 9.17) is 16.1 Å². The molecule has 0 unspecified atom stereocenters. The molecule has 0 aliphatic carbocycles. The Kier molecular flexibility index (Phi) is 3.12. The molecule has 0 aliphatic heterocycles. The summed E-state index contributed by atoms with van der Waals surface area (Å²) in [5.74, 6) is 0.818. The lowest BCUT2D eigenvalue weighted by molar-refractivity contribution is 0.432. The predicted molar refractivity (Wildman–Crippen MR) is 74.4 cm³/mol. The lowest BCUT2D eigenvalue weighted by Gasteiger charge is -1.98. The summed E-state index contributed by atoms with van der Waals surface area (Å²) < 4.78 is 5.23. The van der Waals surface area contributed by atoms with E-state index in [0.29, 0.717) is 17.3 Å². The average Bonchev–Trinajstić information content (AvgIpc) is 2.92. The molecular weight excluding hydrogens is 278 g/mol. The Morgan fingerprint density at radius 1 is 1.25 bits per heavy atom. The molecule has 3 rings (SSSR count). The van der Waals surface area contributed by atoms with Gasteiger partial charge in [-0.25, -0.2) is 0 Å². The second-order valence-electron chi connectivity index (χ2n) is 4.28. The van der Waals surface area contributed by atoms with Gasteiger partial charge in [0.05, 0.1) is 5.02 Å². The average molecular weight is 288 g/mol. The van der Waals surface area contributed by atoms with Crippen molar-refractivity contribution in [2.75, 3.05) is 0 Å². The number of aromatic hydroxyl groups is 1. The quantitative estimate of drug-likeness (QED) is 0.781. The second-order valence-corrected chi connectivity index (χ2v) is 4.69. The lowest BCUT2D eigenvalue weighted by atomic mass is 10.1. The maximum Gasteiger partial charge on any atom is 0.258 e. The Hall–Kier alpha value is -2.40. The zero-order chi connectivity index (χ0) is 14.1. The topological polar surface area (TPSA) is 72.0 Å². The van der Waals surface area contributed by atoms with Crippen molar-refractivity contribution in [3.05, 3.63) is 47.2 Å². The number of phenols is 1. The van der Waals surface area contributed by atoms with Gasteiger partial charge in [0.25, 0.3) is 5.89 Å². The molecule has 0 fully saturated rings. The Balaban J connectivity index is 2.02.